The van der Waals surface area contributed by atoms with Crippen molar-refractivity contribution in [2.45, 2.75) is 126 Å². The van der Waals surface area contributed by atoms with E-state index < -0.39 is 0 Å². The van der Waals surface area contributed by atoms with Crippen LogP contribution in [0.5, 0.6) is 0 Å². The van der Waals surface area contributed by atoms with Crippen LogP contribution in [-0.2, 0) is 4.74 Å². The van der Waals surface area contributed by atoms with Gasteiger partial charge in [-0.3, -0.25) is 4.90 Å². The molecule has 0 heterocycles. The van der Waals surface area contributed by atoms with Crippen molar-refractivity contribution in [3.05, 3.63) is 0 Å². The molecule has 0 fully saturated rings. The van der Waals surface area contributed by atoms with E-state index in [2.05, 4.69) is 81.1 Å². The van der Waals surface area contributed by atoms with Gasteiger partial charge in [0, 0.05) is 18.7 Å². The third kappa shape index (κ3) is 15.5. The zero-order chi connectivity index (χ0) is 21.3. The van der Waals surface area contributed by atoms with E-state index in [4.69, 9.17) is 4.74 Å². The number of unbranched alkanes of at least 4 members (excludes halogenated alkanes) is 2. The van der Waals surface area contributed by atoms with Gasteiger partial charge in [-0.05, 0) is 76.7 Å². The van der Waals surface area contributed by atoms with Gasteiger partial charge in [-0.25, -0.2) is 0 Å². The molecule has 2 heteroatoms. The molecule has 0 aliphatic heterocycles. The molecule has 0 amide bonds. The van der Waals surface area contributed by atoms with Gasteiger partial charge in [-0.2, -0.15) is 0 Å². The van der Waals surface area contributed by atoms with Crippen LogP contribution >= 0.6 is 0 Å². The van der Waals surface area contributed by atoms with E-state index in [1.165, 1.54) is 45.1 Å². The molecule has 0 bridgehead atoms. The van der Waals surface area contributed by atoms with Gasteiger partial charge >= 0.3 is 0 Å². The molecule has 0 aliphatic carbocycles. The highest BCUT2D eigenvalue weighted by Crippen LogP contribution is 2.24. The fourth-order valence-electron chi connectivity index (χ4n) is 3.35. The first kappa shape index (κ1) is 26.9. The molecule has 2 nitrogen and oxygen atoms in total. The Morgan fingerprint density at radius 2 is 1.19 bits per heavy atom. The topological polar surface area (TPSA) is 12.5 Å². The normalized spacial score (nSPS) is 16.0. The van der Waals surface area contributed by atoms with Crippen molar-refractivity contribution in [3.8, 4) is 0 Å². The lowest BCUT2D eigenvalue weighted by Gasteiger charge is -2.39. The molecular formula is C25H53NO. The Hall–Kier alpha value is -0.0800. The van der Waals surface area contributed by atoms with E-state index >= 15 is 0 Å². The SMILES string of the molecule is CC(CN(CCCCC(C)(C)C)C(C)(C)C)C(C)OCCCCC(C)(C)C. The predicted octanol–water partition coefficient (Wildman–Crippen LogP) is 7.56. The van der Waals surface area contributed by atoms with Crippen LogP contribution in [0.25, 0.3) is 0 Å². The smallest absolute Gasteiger partial charge is 0.0584 e. The summed E-state index contributed by atoms with van der Waals surface area (Å²) in [4.78, 5) is 2.67. The number of hydrogen-bond acceptors (Lipinski definition) is 2. The van der Waals surface area contributed by atoms with Crippen LogP contribution in [0.3, 0.4) is 0 Å². The zero-order valence-corrected chi connectivity index (χ0v) is 20.9. The standard InChI is InChI=1S/C25H53NO/c1-21(22(2)27-19-15-13-17-24(6,7)8)20-26(25(9,10)11)18-14-12-16-23(3,4)5/h21-22H,12-20H2,1-11H3. The van der Waals surface area contributed by atoms with Crippen LogP contribution < -0.4 is 0 Å². The first-order valence-electron chi connectivity index (χ1n) is 11.5. The van der Waals surface area contributed by atoms with Crippen LogP contribution in [0, 0.1) is 16.7 Å². The maximum atomic E-state index is 6.18. The summed E-state index contributed by atoms with van der Waals surface area (Å²) in [7, 11) is 0. The summed E-state index contributed by atoms with van der Waals surface area (Å²) in [5.41, 5.74) is 1.12. The highest BCUT2D eigenvalue weighted by Gasteiger charge is 2.25. The maximum absolute atomic E-state index is 6.18. The largest absolute Gasteiger partial charge is 0.378 e. The van der Waals surface area contributed by atoms with Crippen LogP contribution in [0.15, 0.2) is 0 Å². The Kier molecular flexibility index (Phi) is 11.8. The summed E-state index contributed by atoms with van der Waals surface area (Å²) in [5, 5.41) is 0. The zero-order valence-electron chi connectivity index (χ0n) is 20.9. The summed E-state index contributed by atoms with van der Waals surface area (Å²) in [6.07, 6.45) is 8.00. The molecule has 0 aromatic heterocycles. The van der Waals surface area contributed by atoms with Crippen LogP contribution in [0.2, 0.25) is 0 Å². The molecule has 2 unspecified atom stereocenters. The first-order chi connectivity index (χ1) is 12.1. The minimum absolute atomic E-state index is 0.225. The fraction of sp³-hybridized carbons (Fsp3) is 1.00. The van der Waals surface area contributed by atoms with Crippen molar-refractivity contribution < 1.29 is 4.74 Å². The molecule has 0 radical (unpaired) electrons. The van der Waals surface area contributed by atoms with E-state index in [1.54, 1.807) is 0 Å². The van der Waals surface area contributed by atoms with Crippen molar-refractivity contribution in [1.29, 1.82) is 0 Å². The predicted molar refractivity (Wildman–Crippen MR) is 123 cm³/mol. The third-order valence-electron chi connectivity index (χ3n) is 5.57. The van der Waals surface area contributed by atoms with Gasteiger partial charge in [0.2, 0.25) is 0 Å². The van der Waals surface area contributed by atoms with Gasteiger partial charge in [-0.15, -0.1) is 0 Å². The van der Waals surface area contributed by atoms with Crippen molar-refractivity contribution >= 4 is 0 Å². The minimum atomic E-state index is 0.225. The second-order valence-corrected chi connectivity index (χ2v) is 12.2. The summed E-state index contributed by atoms with van der Waals surface area (Å²) < 4.78 is 6.18. The Balaban J connectivity index is 4.28. The van der Waals surface area contributed by atoms with E-state index in [9.17, 15) is 0 Å². The van der Waals surface area contributed by atoms with E-state index in [0.29, 0.717) is 22.9 Å². The second kappa shape index (κ2) is 11.8. The van der Waals surface area contributed by atoms with E-state index in [-0.39, 0.29) is 5.54 Å². The minimum Gasteiger partial charge on any atom is -0.378 e. The average molecular weight is 384 g/mol. The van der Waals surface area contributed by atoms with Crippen molar-refractivity contribution in [2.75, 3.05) is 19.7 Å². The molecule has 164 valence electrons. The molecule has 0 aliphatic rings. The van der Waals surface area contributed by atoms with Crippen molar-refractivity contribution in [3.63, 3.8) is 0 Å². The lowest BCUT2D eigenvalue weighted by Crippen LogP contribution is -2.46. The molecule has 0 saturated heterocycles. The maximum Gasteiger partial charge on any atom is 0.0584 e. The van der Waals surface area contributed by atoms with Gasteiger partial charge < -0.3 is 4.74 Å². The average Bonchev–Trinajstić information content (AvgIpc) is 2.46. The molecule has 0 N–H and O–H groups in total. The Bertz CT molecular complexity index is 369. The van der Waals surface area contributed by atoms with Gasteiger partial charge in [0.1, 0.15) is 0 Å². The highest BCUT2D eigenvalue weighted by atomic mass is 16.5. The summed E-state index contributed by atoms with van der Waals surface area (Å²) in [6, 6.07) is 0. The van der Waals surface area contributed by atoms with Crippen LogP contribution in [0.4, 0.5) is 0 Å². The fourth-order valence-corrected chi connectivity index (χ4v) is 3.35. The quantitative estimate of drug-likeness (QED) is 0.322. The second-order valence-electron chi connectivity index (χ2n) is 12.2. The molecule has 2 atom stereocenters. The molecule has 0 saturated carbocycles. The number of nitrogens with zero attached hydrogens (tertiary/aromatic N) is 1. The monoisotopic (exact) mass is 383 g/mol. The molecule has 0 spiro atoms. The molecule has 27 heavy (non-hydrogen) atoms. The third-order valence-corrected chi connectivity index (χ3v) is 5.57. The number of ether oxygens (including phenoxy) is 1. The van der Waals surface area contributed by atoms with Crippen molar-refractivity contribution in [1.82, 2.24) is 4.90 Å². The number of rotatable bonds is 12. The van der Waals surface area contributed by atoms with E-state index in [0.717, 1.165) is 13.2 Å². The lowest BCUT2D eigenvalue weighted by molar-refractivity contribution is 0.00318. The Labute approximate surface area is 172 Å². The molecule has 0 rings (SSSR count). The van der Waals surface area contributed by atoms with Gasteiger partial charge in [-0.1, -0.05) is 61.3 Å². The summed E-state index contributed by atoms with van der Waals surface area (Å²) in [6.45, 7) is 28.9. The Morgan fingerprint density at radius 1 is 0.704 bits per heavy atom. The molecular weight excluding hydrogens is 330 g/mol. The van der Waals surface area contributed by atoms with Crippen molar-refractivity contribution in [2.24, 2.45) is 16.7 Å². The molecule has 0 aromatic rings. The van der Waals surface area contributed by atoms with Gasteiger partial charge in [0.25, 0.3) is 0 Å². The first-order valence-corrected chi connectivity index (χ1v) is 11.5. The number of hydrogen-bond donors (Lipinski definition) is 0. The van der Waals surface area contributed by atoms with Gasteiger partial charge in [0.15, 0.2) is 0 Å². The molecule has 0 aromatic carbocycles. The van der Waals surface area contributed by atoms with Gasteiger partial charge in [0.05, 0.1) is 6.10 Å². The Morgan fingerprint density at radius 3 is 1.63 bits per heavy atom. The highest BCUT2D eigenvalue weighted by molar-refractivity contribution is 4.79. The van der Waals surface area contributed by atoms with Crippen LogP contribution in [0.1, 0.15) is 115 Å². The summed E-state index contributed by atoms with van der Waals surface area (Å²) in [5.74, 6) is 0.564. The lowest BCUT2D eigenvalue weighted by atomic mass is 9.89. The van der Waals surface area contributed by atoms with Crippen LogP contribution in [-0.4, -0.2) is 36.2 Å². The van der Waals surface area contributed by atoms with E-state index in [1.807, 2.05) is 0 Å². The summed E-state index contributed by atoms with van der Waals surface area (Å²) >= 11 is 0.